The predicted molar refractivity (Wildman–Crippen MR) is 54.4 cm³/mol. The molecule has 0 fully saturated rings. The van der Waals surface area contributed by atoms with Crippen LogP contribution in [0.1, 0.15) is 5.56 Å². The van der Waals surface area contributed by atoms with Crippen molar-refractivity contribution >= 4 is 20.9 Å². The molecule has 2 rings (SSSR count). The molecule has 0 aliphatic rings. The number of hydrogen-bond donors (Lipinski definition) is 2. The fraction of sp³-hybridized carbons (Fsp3) is 0.111. The topological polar surface area (TPSA) is 76.0 Å². The van der Waals surface area contributed by atoms with Crippen molar-refractivity contribution in [1.82, 2.24) is 4.98 Å². The quantitative estimate of drug-likeness (QED) is 0.740. The van der Waals surface area contributed by atoms with Crippen molar-refractivity contribution in [3.05, 3.63) is 29.8 Å². The largest absolute Gasteiger partial charge is 0.345 e. The van der Waals surface area contributed by atoms with Crippen LogP contribution in [0.15, 0.2) is 29.3 Å². The van der Waals surface area contributed by atoms with E-state index in [4.69, 9.17) is 5.14 Å². The van der Waals surface area contributed by atoms with Gasteiger partial charge < -0.3 is 4.98 Å². The number of aromatic nitrogens is 1. The van der Waals surface area contributed by atoms with Gasteiger partial charge in [-0.05, 0) is 24.6 Å². The van der Waals surface area contributed by atoms with E-state index in [0.717, 1.165) is 16.5 Å². The third kappa shape index (κ3) is 1.51. The summed E-state index contributed by atoms with van der Waals surface area (Å²) in [6.45, 7) is 1.94. The molecular weight excluding hydrogens is 200 g/mol. The Morgan fingerprint density at radius 2 is 2.00 bits per heavy atom. The van der Waals surface area contributed by atoms with Crippen LogP contribution in [0.2, 0.25) is 0 Å². The van der Waals surface area contributed by atoms with Crippen LogP contribution in [-0.2, 0) is 10.0 Å². The highest BCUT2D eigenvalue weighted by Crippen LogP contribution is 2.18. The van der Waals surface area contributed by atoms with Crippen molar-refractivity contribution < 1.29 is 8.42 Å². The van der Waals surface area contributed by atoms with E-state index < -0.39 is 10.0 Å². The SMILES string of the molecule is Cc1ccc2cc(S(N)(=O)=O)[nH]c2c1. The summed E-state index contributed by atoms with van der Waals surface area (Å²) in [5.74, 6) is 0. The molecule has 2 aromatic rings. The number of aromatic amines is 1. The lowest BCUT2D eigenvalue weighted by atomic mass is 10.2. The lowest BCUT2D eigenvalue weighted by molar-refractivity contribution is 0.595. The fourth-order valence-electron chi connectivity index (χ4n) is 1.37. The predicted octanol–water partition coefficient (Wildman–Crippen LogP) is 1.12. The maximum Gasteiger partial charge on any atom is 0.253 e. The van der Waals surface area contributed by atoms with E-state index in [1.165, 1.54) is 6.07 Å². The Labute approximate surface area is 81.8 Å². The van der Waals surface area contributed by atoms with Crippen LogP contribution in [0.25, 0.3) is 10.9 Å². The molecule has 0 saturated carbocycles. The highest BCUT2D eigenvalue weighted by molar-refractivity contribution is 7.89. The zero-order chi connectivity index (χ0) is 10.3. The lowest BCUT2D eigenvalue weighted by Crippen LogP contribution is -2.12. The van der Waals surface area contributed by atoms with Gasteiger partial charge in [0.2, 0.25) is 0 Å². The minimum absolute atomic E-state index is 0.0538. The van der Waals surface area contributed by atoms with Crippen LogP contribution >= 0.6 is 0 Å². The first kappa shape index (κ1) is 9.23. The molecule has 0 bridgehead atoms. The van der Waals surface area contributed by atoms with Gasteiger partial charge in [0.1, 0.15) is 5.03 Å². The second-order valence-corrected chi connectivity index (χ2v) is 4.80. The minimum Gasteiger partial charge on any atom is -0.345 e. The standard InChI is InChI=1S/C9H10N2O2S/c1-6-2-3-7-5-9(14(10,12)13)11-8(7)4-6/h2-5,11H,1H3,(H2,10,12,13). The lowest BCUT2D eigenvalue weighted by Gasteiger charge is -1.91. The molecule has 5 heteroatoms. The van der Waals surface area contributed by atoms with Gasteiger partial charge in [0, 0.05) is 10.9 Å². The zero-order valence-corrected chi connectivity index (χ0v) is 8.43. The maximum absolute atomic E-state index is 11.0. The normalized spacial score (nSPS) is 12.1. The molecule has 0 unspecified atom stereocenters. The number of nitrogens with two attached hydrogens (primary N) is 1. The van der Waals surface area contributed by atoms with Crippen molar-refractivity contribution in [3.8, 4) is 0 Å². The zero-order valence-electron chi connectivity index (χ0n) is 7.61. The van der Waals surface area contributed by atoms with Crippen LogP contribution in [0.4, 0.5) is 0 Å². The average Bonchev–Trinajstić information content (AvgIpc) is 2.45. The molecule has 0 amide bonds. The van der Waals surface area contributed by atoms with Crippen molar-refractivity contribution in [3.63, 3.8) is 0 Å². The molecule has 4 nitrogen and oxygen atoms in total. The summed E-state index contributed by atoms with van der Waals surface area (Å²) < 4.78 is 22.1. The number of aryl methyl sites for hydroxylation is 1. The van der Waals surface area contributed by atoms with Gasteiger partial charge in [0.15, 0.2) is 0 Å². The molecule has 0 atom stereocenters. The van der Waals surface area contributed by atoms with Crippen LogP contribution in [0, 0.1) is 6.92 Å². The number of nitrogens with one attached hydrogen (secondary N) is 1. The second kappa shape index (κ2) is 2.83. The number of primary sulfonamides is 1. The summed E-state index contributed by atoms with van der Waals surface area (Å²) in [6, 6.07) is 7.19. The van der Waals surface area contributed by atoms with E-state index in [1.807, 2.05) is 25.1 Å². The van der Waals surface area contributed by atoms with E-state index in [0.29, 0.717) is 0 Å². The first-order valence-corrected chi connectivity index (χ1v) is 5.63. The fourth-order valence-corrected chi connectivity index (χ4v) is 1.91. The minimum atomic E-state index is -3.63. The number of rotatable bonds is 1. The summed E-state index contributed by atoms with van der Waals surface area (Å²) in [6.07, 6.45) is 0. The molecular formula is C9H10N2O2S. The molecule has 1 aromatic heterocycles. The Balaban J connectivity index is 2.75. The van der Waals surface area contributed by atoms with E-state index in [9.17, 15) is 8.42 Å². The van der Waals surface area contributed by atoms with Gasteiger partial charge in [-0.15, -0.1) is 0 Å². The Bertz CT molecular complexity index is 584. The van der Waals surface area contributed by atoms with Crippen LogP contribution < -0.4 is 5.14 Å². The third-order valence-electron chi connectivity index (χ3n) is 2.06. The number of benzene rings is 1. The highest BCUT2D eigenvalue weighted by Gasteiger charge is 2.10. The smallest absolute Gasteiger partial charge is 0.253 e. The molecule has 0 radical (unpaired) electrons. The number of sulfonamides is 1. The molecule has 0 saturated heterocycles. The van der Waals surface area contributed by atoms with Gasteiger partial charge in [-0.3, -0.25) is 0 Å². The Kier molecular flexibility index (Phi) is 1.87. The summed E-state index contributed by atoms with van der Waals surface area (Å²) in [4.78, 5) is 2.76. The van der Waals surface area contributed by atoms with Gasteiger partial charge in [-0.1, -0.05) is 12.1 Å². The summed E-state index contributed by atoms with van der Waals surface area (Å²) in [5.41, 5.74) is 1.86. The molecule has 0 aliphatic carbocycles. The summed E-state index contributed by atoms with van der Waals surface area (Å²) in [5, 5.41) is 5.90. The summed E-state index contributed by atoms with van der Waals surface area (Å²) in [7, 11) is -3.63. The number of fused-ring (bicyclic) bond motifs is 1. The molecule has 3 N–H and O–H groups in total. The summed E-state index contributed by atoms with van der Waals surface area (Å²) >= 11 is 0. The highest BCUT2D eigenvalue weighted by atomic mass is 32.2. The van der Waals surface area contributed by atoms with E-state index >= 15 is 0 Å². The molecule has 1 heterocycles. The number of hydrogen-bond acceptors (Lipinski definition) is 2. The molecule has 14 heavy (non-hydrogen) atoms. The van der Waals surface area contributed by atoms with E-state index in [-0.39, 0.29) is 5.03 Å². The average molecular weight is 210 g/mol. The Morgan fingerprint density at radius 3 is 2.64 bits per heavy atom. The Morgan fingerprint density at radius 1 is 1.29 bits per heavy atom. The maximum atomic E-state index is 11.0. The van der Waals surface area contributed by atoms with Crippen LogP contribution in [0.3, 0.4) is 0 Å². The second-order valence-electron chi connectivity index (χ2n) is 3.27. The Hall–Kier alpha value is -1.33. The first-order chi connectivity index (χ1) is 6.47. The van der Waals surface area contributed by atoms with E-state index in [1.54, 1.807) is 0 Å². The van der Waals surface area contributed by atoms with Gasteiger partial charge in [-0.2, -0.15) is 0 Å². The third-order valence-corrected chi connectivity index (χ3v) is 2.89. The van der Waals surface area contributed by atoms with E-state index in [2.05, 4.69) is 4.98 Å². The molecule has 0 aliphatic heterocycles. The van der Waals surface area contributed by atoms with Crippen molar-refractivity contribution in [2.24, 2.45) is 5.14 Å². The van der Waals surface area contributed by atoms with Gasteiger partial charge in [-0.25, -0.2) is 13.6 Å². The van der Waals surface area contributed by atoms with Gasteiger partial charge in [0.05, 0.1) is 0 Å². The molecule has 74 valence electrons. The van der Waals surface area contributed by atoms with Crippen LogP contribution in [0.5, 0.6) is 0 Å². The van der Waals surface area contributed by atoms with Crippen LogP contribution in [-0.4, -0.2) is 13.4 Å². The van der Waals surface area contributed by atoms with Gasteiger partial charge >= 0.3 is 0 Å². The molecule has 0 spiro atoms. The van der Waals surface area contributed by atoms with Crippen molar-refractivity contribution in [2.45, 2.75) is 11.9 Å². The molecule has 1 aromatic carbocycles. The number of H-pyrrole nitrogens is 1. The first-order valence-electron chi connectivity index (χ1n) is 4.09. The van der Waals surface area contributed by atoms with Crippen molar-refractivity contribution in [2.75, 3.05) is 0 Å². The monoisotopic (exact) mass is 210 g/mol. The van der Waals surface area contributed by atoms with Gasteiger partial charge in [0.25, 0.3) is 10.0 Å². The van der Waals surface area contributed by atoms with Crippen molar-refractivity contribution in [1.29, 1.82) is 0 Å².